The highest BCUT2D eigenvalue weighted by atomic mass is 35.5. The quantitative estimate of drug-likeness (QED) is 0.923. The van der Waals surface area contributed by atoms with E-state index >= 15 is 0 Å². The fourth-order valence-electron chi connectivity index (χ4n) is 1.72. The largest absolute Gasteiger partial charge is 0.238 e. The van der Waals surface area contributed by atoms with E-state index in [9.17, 15) is 8.42 Å². The molecule has 0 aliphatic carbocycles. The minimum atomic E-state index is -3.94. The molecule has 96 valence electrons. The molecule has 0 aliphatic heterocycles. The number of hydrogen-bond donors (Lipinski definition) is 1. The molecule has 0 heterocycles. The molecule has 0 amide bonds. The number of nitrogens with two attached hydrogens (primary N) is 1. The van der Waals surface area contributed by atoms with Gasteiger partial charge in [0.1, 0.15) is 6.07 Å². The summed E-state index contributed by atoms with van der Waals surface area (Å²) in [5.41, 5.74) is 1.12. The van der Waals surface area contributed by atoms with E-state index in [1.54, 1.807) is 24.3 Å². The fourth-order valence-corrected chi connectivity index (χ4v) is 2.69. The summed E-state index contributed by atoms with van der Waals surface area (Å²) in [5.74, 6) is 0. The standard InChI is InChI=1S/C13H9ClN2O2S/c14-12-7-11(9-4-2-1-3-5-9)13(19(16,17)18)6-10(12)8-15/h1-7H,(H2,16,17,18). The van der Waals surface area contributed by atoms with Crippen molar-refractivity contribution in [3.8, 4) is 17.2 Å². The topological polar surface area (TPSA) is 83.9 Å². The molecule has 2 aromatic carbocycles. The van der Waals surface area contributed by atoms with Gasteiger partial charge < -0.3 is 0 Å². The molecule has 0 saturated carbocycles. The van der Waals surface area contributed by atoms with Gasteiger partial charge in [-0.1, -0.05) is 41.9 Å². The number of halogens is 1. The summed E-state index contributed by atoms with van der Waals surface area (Å²) in [6.07, 6.45) is 0. The highest BCUT2D eigenvalue weighted by Crippen LogP contribution is 2.31. The SMILES string of the molecule is N#Cc1cc(S(N)(=O)=O)c(-c2ccccc2)cc1Cl. The van der Waals surface area contributed by atoms with Gasteiger partial charge in [0.2, 0.25) is 10.0 Å². The maximum Gasteiger partial charge on any atom is 0.238 e. The summed E-state index contributed by atoms with van der Waals surface area (Å²) < 4.78 is 23.3. The molecule has 6 heteroatoms. The van der Waals surface area contributed by atoms with Crippen molar-refractivity contribution in [2.24, 2.45) is 5.14 Å². The second kappa shape index (κ2) is 5.02. The third-order valence-corrected chi connectivity index (χ3v) is 3.84. The zero-order chi connectivity index (χ0) is 14.0. The van der Waals surface area contributed by atoms with Crippen molar-refractivity contribution in [3.63, 3.8) is 0 Å². The first-order valence-electron chi connectivity index (χ1n) is 5.25. The van der Waals surface area contributed by atoms with E-state index < -0.39 is 10.0 Å². The zero-order valence-electron chi connectivity index (χ0n) is 9.67. The third kappa shape index (κ3) is 2.76. The van der Waals surface area contributed by atoms with Gasteiger partial charge in [-0.05, 0) is 17.7 Å². The predicted octanol–water partition coefficient (Wildman–Crippen LogP) is 2.53. The van der Waals surface area contributed by atoms with Gasteiger partial charge >= 0.3 is 0 Å². The molecule has 0 radical (unpaired) electrons. The van der Waals surface area contributed by atoms with Gasteiger partial charge in [-0.15, -0.1) is 0 Å². The number of rotatable bonds is 2. The van der Waals surface area contributed by atoms with Crippen LogP contribution in [0.15, 0.2) is 47.4 Å². The first kappa shape index (κ1) is 13.6. The lowest BCUT2D eigenvalue weighted by atomic mass is 10.0. The predicted molar refractivity (Wildman–Crippen MR) is 73.0 cm³/mol. The van der Waals surface area contributed by atoms with Crippen LogP contribution >= 0.6 is 11.6 Å². The first-order valence-corrected chi connectivity index (χ1v) is 7.18. The molecule has 0 bridgehead atoms. The summed E-state index contributed by atoms with van der Waals surface area (Å²) in [7, 11) is -3.94. The van der Waals surface area contributed by atoms with Gasteiger partial charge in [0.15, 0.2) is 0 Å². The molecule has 0 spiro atoms. The molecule has 2 rings (SSSR count). The van der Waals surface area contributed by atoms with E-state index in [4.69, 9.17) is 22.0 Å². The Morgan fingerprint density at radius 2 is 1.79 bits per heavy atom. The van der Waals surface area contributed by atoms with E-state index in [-0.39, 0.29) is 15.5 Å². The fraction of sp³-hybridized carbons (Fsp3) is 0. The van der Waals surface area contributed by atoms with E-state index in [1.165, 1.54) is 12.1 Å². The molecular weight excluding hydrogens is 284 g/mol. The van der Waals surface area contributed by atoms with E-state index in [2.05, 4.69) is 0 Å². The summed E-state index contributed by atoms with van der Waals surface area (Å²) in [5, 5.41) is 14.3. The summed E-state index contributed by atoms with van der Waals surface area (Å²) in [4.78, 5) is -0.111. The third-order valence-electron chi connectivity index (χ3n) is 2.58. The molecule has 0 fully saturated rings. The van der Waals surface area contributed by atoms with Crippen LogP contribution in [-0.4, -0.2) is 8.42 Å². The maximum absolute atomic E-state index is 11.6. The Balaban J connectivity index is 2.81. The second-order valence-corrected chi connectivity index (χ2v) is 5.79. The molecular formula is C13H9ClN2O2S. The van der Waals surface area contributed by atoms with Crippen molar-refractivity contribution >= 4 is 21.6 Å². The normalized spacial score (nSPS) is 11.0. The maximum atomic E-state index is 11.6. The molecule has 19 heavy (non-hydrogen) atoms. The number of sulfonamides is 1. The van der Waals surface area contributed by atoms with E-state index in [0.717, 1.165) is 0 Å². The van der Waals surface area contributed by atoms with E-state index in [1.807, 2.05) is 12.1 Å². The highest BCUT2D eigenvalue weighted by molar-refractivity contribution is 7.89. The van der Waals surface area contributed by atoms with Crippen molar-refractivity contribution in [2.45, 2.75) is 4.90 Å². The zero-order valence-corrected chi connectivity index (χ0v) is 11.2. The van der Waals surface area contributed by atoms with Crippen LogP contribution in [0.25, 0.3) is 11.1 Å². The molecule has 0 saturated heterocycles. The minimum Gasteiger partial charge on any atom is -0.225 e. The molecule has 2 aromatic rings. The van der Waals surface area contributed by atoms with Crippen LogP contribution in [0.1, 0.15) is 5.56 Å². The Bertz CT molecular complexity index is 765. The number of nitrogens with zero attached hydrogens (tertiary/aromatic N) is 1. The van der Waals surface area contributed by atoms with Gasteiger partial charge in [-0.25, -0.2) is 13.6 Å². The average molecular weight is 293 g/mol. The van der Waals surface area contributed by atoms with Crippen LogP contribution in [0, 0.1) is 11.3 Å². The average Bonchev–Trinajstić information content (AvgIpc) is 2.38. The highest BCUT2D eigenvalue weighted by Gasteiger charge is 2.18. The Morgan fingerprint density at radius 3 is 2.32 bits per heavy atom. The lowest BCUT2D eigenvalue weighted by Gasteiger charge is -2.09. The van der Waals surface area contributed by atoms with Crippen molar-refractivity contribution in [2.75, 3.05) is 0 Å². The smallest absolute Gasteiger partial charge is 0.225 e. The summed E-state index contributed by atoms with van der Waals surface area (Å²) in [6.45, 7) is 0. The van der Waals surface area contributed by atoms with Crippen molar-refractivity contribution in [1.82, 2.24) is 0 Å². The van der Waals surface area contributed by atoms with Crippen LogP contribution in [0.4, 0.5) is 0 Å². The first-order chi connectivity index (χ1) is 8.93. The summed E-state index contributed by atoms with van der Waals surface area (Å²) in [6, 6.07) is 13.3. The van der Waals surface area contributed by atoms with Gasteiger partial charge in [0.25, 0.3) is 0 Å². The molecule has 0 aliphatic rings. The van der Waals surface area contributed by atoms with Gasteiger partial charge in [-0.2, -0.15) is 5.26 Å². The molecule has 0 atom stereocenters. The Labute approximate surface area is 116 Å². The van der Waals surface area contributed by atoms with Gasteiger partial charge in [-0.3, -0.25) is 0 Å². The second-order valence-electron chi connectivity index (χ2n) is 3.85. The van der Waals surface area contributed by atoms with Crippen molar-refractivity contribution in [1.29, 1.82) is 5.26 Å². The van der Waals surface area contributed by atoms with Crippen LogP contribution in [0.2, 0.25) is 5.02 Å². The monoisotopic (exact) mass is 292 g/mol. The number of hydrogen-bond acceptors (Lipinski definition) is 3. The number of primary sulfonamides is 1. The lowest BCUT2D eigenvalue weighted by molar-refractivity contribution is 0.598. The molecule has 2 N–H and O–H groups in total. The Kier molecular flexibility index (Phi) is 3.58. The lowest BCUT2D eigenvalue weighted by Crippen LogP contribution is -2.13. The Hall–Kier alpha value is -1.87. The summed E-state index contributed by atoms with van der Waals surface area (Å²) >= 11 is 5.94. The molecule has 4 nitrogen and oxygen atoms in total. The van der Waals surface area contributed by atoms with Crippen LogP contribution in [-0.2, 0) is 10.0 Å². The van der Waals surface area contributed by atoms with Crippen LogP contribution in [0.3, 0.4) is 0 Å². The molecule has 0 aromatic heterocycles. The van der Waals surface area contributed by atoms with E-state index in [0.29, 0.717) is 11.1 Å². The number of nitriles is 1. The minimum absolute atomic E-state index is 0.0744. The van der Waals surface area contributed by atoms with Crippen molar-refractivity contribution in [3.05, 3.63) is 53.1 Å². The number of benzene rings is 2. The van der Waals surface area contributed by atoms with Gasteiger partial charge in [0.05, 0.1) is 15.5 Å². The van der Waals surface area contributed by atoms with Crippen LogP contribution < -0.4 is 5.14 Å². The van der Waals surface area contributed by atoms with Gasteiger partial charge in [0, 0.05) is 5.56 Å². The van der Waals surface area contributed by atoms with Crippen LogP contribution in [0.5, 0.6) is 0 Å². The molecule has 0 unspecified atom stereocenters. The van der Waals surface area contributed by atoms with Crippen molar-refractivity contribution < 1.29 is 8.42 Å². The Morgan fingerprint density at radius 1 is 1.16 bits per heavy atom.